The standard InChI is InChI=1S/C23H37N3O3/c1-19(25-14-16-29-17-15-25)23(27)26(18-21-8-11-24(2)12-9-21)13-10-20-4-6-22(28-3)7-5-20/h4-7,19,21H,8-18H2,1-3H3/t19-/m0/s1. The number of rotatable bonds is 8. The van der Waals surface area contributed by atoms with Crippen molar-refractivity contribution in [2.24, 2.45) is 5.92 Å². The van der Waals surface area contributed by atoms with Crippen LogP contribution in [0.3, 0.4) is 0 Å². The molecule has 2 saturated heterocycles. The maximum absolute atomic E-state index is 13.4. The quantitative estimate of drug-likeness (QED) is 0.665. The Morgan fingerprint density at radius 3 is 2.45 bits per heavy atom. The lowest BCUT2D eigenvalue weighted by molar-refractivity contribution is -0.139. The highest BCUT2D eigenvalue weighted by molar-refractivity contribution is 5.81. The van der Waals surface area contributed by atoms with E-state index in [1.165, 1.54) is 18.4 Å². The van der Waals surface area contributed by atoms with Crippen molar-refractivity contribution in [1.29, 1.82) is 0 Å². The van der Waals surface area contributed by atoms with E-state index in [0.29, 0.717) is 5.92 Å². The average Bonchev–Trinajstić information content (AvgIpc) is 2.78. The minimum atomic E-state index is -0.0824. The predicted molar refractivity (Wildman–Crippen MR) is 115 cm³/mol. The average molecular weight is 404 g/mol. The Balaban J connectivity index is 1.63. The van der Waals surface area contributed by atoms with Gasteiger partial charge in [-0.1, -0.05) is 12.1 Å². The highest BCUT2D eigenvalue weighted by Gasteiger charge is 2.29. The molecule has 1 atom stereocenters. The smallest absolute Gasteiger partial charge is 0.239 e. The van der Waals surface area contributed by atoms with Gasteiger partial charge in [0.05, 0.1) is 26.4 Å². The third kappa shape index (κ3) is 6.43. The summed E-state index contributed by atoms with van der Waals surface area (Å²) in [4.78, 5) is 20.2. The normalized spacial score (nSPS) is 20.4. The van der Waals surface area contributed by atoms with Crippen molar-refractivity contribution < 1.29 is 14.3 Å². The van der Waals surface area contributed by atoms with E-state index >= 15 is 0 Å². The summed E-state index contributed by atoms with van der Waals surface area (Å²) in [5.41, 5.74) is 1.24. The molecule has 1 amide bonds. The van der Waals surface area contributed by atoms with Gasteiger partial charge in [-0.3, -0.25) is 9.69 Å². The number of piperidine rings is 1. The Bertz CT molecular complexity index is 623. The van der Waals surface area contributed by atoms with Crippen LogP contribution in [-0.4, -0.2) is 93.3 Å². The molecule has 0 N–H and O–H groups in total. The van der Waals surface area contributed by atoms with Gasteiger partial charge in [0.25, 0.3) is 0 Å². The lowest BCUT2D eigenvalue weighted by Gasteiger charge is -2.37. The number of morpholine rings is 1. The molecule has 0 aromatic heterocycles. The highest BCUT2D eigenvalue weighted by atomic mass is 16.5. The molecule has 0 saturated carbocycles. The first-order chi connectivity index (χ1) is 14.1. The number of benzene rings is 1. The van der Waals surface area contributed by atoms with Gasteiger partial charge in [-0.15, -0.1) is 0 Å². The fraction of sp³-hybridized carbons (Fsp3) is 0.696. The number of hydrogen-bond acceptors (Lipinski definition) is 5. The number of hydrogen-bond donors (Lipinski definition) is 0. The van der Waals surface area contributed by atoms with Crippen LogP contribution in [0, 0.1) is 5.92 Å². The van der Waals surface area contributed by atoms with Crippen molar-refractivity contribution in [3.05, 3.63) is 29.8 Å². The maximum atomic E-state index is 13.4. The number of ether oxygens (including phenoxy) is 2. The Morgan fingerprint density at radius 2 is 1.83 bits per heavy atom. The summed E-state index contributed by atoms with van der Waals surface area (Å²) < 4.78 is 10.7. The van der Waals surface area contributed by atoms with E-state index in [1.807, 2.05) is 12.1 Å². The van der Waals surface area contributed by atoms with Crippen molar-refractivity contribution in [3.8, 4) is 5.75 Å². The zero-order chi connectivity index (χ0) is 20.6. The summed E-state index contributed by atoms with van der Waals surface area (Å²) in [6.45, 7) is 9.08. The number of carbonyl (C=O) groups is 1. The number of nitrogens with zero attached hydrogens (tertiary/aromatic N) is 3. The summed E-state index contributed by atoms with van der Waals surface area (Å²) in [6.07, 6.45) is 3.22. The third-order valence-electron chi connectivity index (χ3n) is 6.41. The molecular weight excluding hydrogens is 366 g/mol. The van der Waals surface area contributed by atoms with Crippen LogP contribution in [0.15, 0.2) is 24.3 Å². The molecule has 162 valence electrons. The lowest BCUT2D eigenvalue weighted by atomic mass is 9.96. The van der Waals surface area contributed by atoms with E-state index in [2.05, 4.69) is 40.8 Å². The molecular formula is C23H37N3O3. The van der Waals surface area contributed by atoms with Crippen LogP contribution in [0.25, 0.3) is 0 Å². The SMILES string of the molecule is COc1ccc(CCN(CC2CCN(C)CC2)C(=O)[C@H](C)N2CCOCC2)cc1. The topological polar surface area (TPSA) is 45.2 Å². The molecule has 2 aliphatic rings. The number of methoxy groups -OCH3 is 1. The minimum Gasteiger partial charge on any atom is -0.497 e. The second-order valence-electron chi connectivity index (χ2n) is 8.45. The van der Waals surface area contributed by atoms with Gasteiger partial charge in [-0.05, 0) is 69.9 Å². The second-order valence-corrected chi connectivity index (χ2v) is 8.45. The van der Waals surface area contributed by atoms with Crippen molar-refractivity contribution in [2.45, 2.75) is 32.2 Å². The van der Waals surface area contributed by atoms with Gasteiger partial charge in [0.2, 0.25) is 5.91 Å². The van der Waals surface area contributed by atoms with Gasteiger partial charge in [0, 0.05) is 26.2 Å². The molecule has 1 aromatic rings. The molecule has 2 fully saturated rings. The molecule has 6 nitrogen and oxygen atoms in total. The van der Waals surface area contributed by atoms with E-state index in [9.17, 15) is 4.79 Å². The predicted octanol–water partition coefficient (Wildman–Crippen LogP) is 2.13. The van der Waals surface area contributed by atoms with E-state index in [1.54, 1.807) is 7.11 Å². The summed E-state index contributed by atoms with van der Waals surface area (Å²) in [5.74, 6) is 1.73. The first kappa shape index (κ1) is 22.1. The van der Waals surface area contributed by atoms with Gasteiger partial charge >= 0.3 is 0 Å². The molecule has 0 radical (unpaired) electrons. The molecule has 0 aliphatic carbocycles. The summed E-state index contributed by atoms with van der Waals surface area (Å²) in [5, 5.41) is 0. The zero-order valence-corrected chi connectivity index (χ0v) is 18.3. The largest absolute Gasteiger partial charge is 0.497 e. The van der Waals surface area contributed by atoms with Crippen molar-refractivity contribution in [2.75, 3.05) is 66.6 Å². The molecule has 3 rings (SSSR count). The number of likely N-dealkylation sites (tertiary alicyclic amines) is 1. The number of carbonyl (C=O) groups excluding carboxylic acids is 1. The van der Waals surface area contributed by atoms with Gasteiger partial charge in [0.15, 0.2) is 0 Å². The van der Waals surface area contributed by atoms with Crippen LogP contribution in [-0.2, 0) is 16.0 Å². The van der Waals surface area contributed by atoms with Crippen LogP contribution >= 0.6 is 0 Å². The molecule has 0 spiro atoms. The first-order valence-electron chi connectivity index (χ1n) is 11.0. The fourth-order valence-electron chi connectivity index (χ4n) is 4.29. The molecule has 0 bridgehead atoms. The first-order valence-corrected chi connectivity index (χ1v) is 11.0. The van der Waals surface area contributed by atoms with Crippen molar-refractivity contribution >= 4 is 5.91 Å². The fourth-order valence-corrected chi connectivity index (χ4v) is 4.29. The van der Waals surface area contributed by atoms with Crippen LogP contribution < -0.4 is 4.74 Å². The number of amides is 1. The van der Waals surface area contributed by atoms with E-state index < -0.39 is 0 Å². The molecule has 2 aliphatic heterocycles. The van der Waals surface area contributed by atoms with E-state index in [0.717, 1.165) is 64.7 Å². The van der Waals surface area contributed by atoms with Gasteiger partial charge in [0.1, 0.15) is 5.75 Å². The van der Waals surface area contributed by atoms with Gasteiger partial charge < -0.3 is 19.3 Å². The Morgan fingerprint density at radius 1 is 1.17 bits per heavy atom. The molecule has 2 heterocycles. The maximum Gasteiger partial charge on any atom is 0.239 e. The third-order valence-corrected chi connectivity index (χ3v) is 6.41. The van der Waals surface area contributed by atoms with Crippen LogP contribution in [0.2, 0.25) is 0 Å². The van der Waals surface area contributed by atoms with Crippen molar-refractivity contribution in [1.82, 2.24) is 14.7 Å². The Labute approximate surface area is 175 Å². The second kappa shape index (κ2) is 11.0. The molecule has 1 aromatic carbocycles. The van der Waals surface area contributed by atoms with Crippen LogP contribution in [0.1, 0.15) is 25.3 Å². The summed E-state index contributed by atoms with van der Waals surface area (Å²) in [6, 6.07) is 8.11. The monoisotopic (exact) mass is 403 g/mol. The molecule has 29 heavy (non-hydrogen) atoms. The Kier molecular flexibility index (Phi) is 8.33. The molecule has 0 unspecified atom stereocenters. The van der Waals surface area contributed by atoms with Gasteiger partial charge in [-0.2, -0.15) is 0 Å². The summed E-state index contributed by atoms with van der Waals surface area (Å²) in [7, 11) is 3.87. The lowest BCUT2D eigenvalue weighted by Crippen LogP contribution is -2.52. The minimum absolute atomic E-state index is 0.0824. The Hall–Kier alpha value is -1.63. The van der Waals surface area contributed by atoms with E-state index in [4.69, 9.17) is 9.47 Å². The molecule has 6 heteroatoms. The zero-order valence-electron chi connectivity index (χ0n) is 18.3. The van der Waals surface area contributed by atoms with Crippen LogP contribution in [0.4, 0.5) is 0 Å². The van der Waals surface area contributed by atoms with Crippen LogP contribution in [0.5, 0.6) is 5.75 Å². The highest BCUT2D eigenvalue weighted by Crippen LogP contribution is 2.20. The van der Waals surface area contributed by atoms with E-state index in [-0.39, 0.29) is 11.9 Å². The summed E-state index contributed by atoms with van der Waals surface area (Å²) >= 11 is 0. The van der Waals surface area contributed by atoms with Crippen molar-refractivity contribution in [3.63, 3.8) is 0 Å². The van der Waals surface area contributed by atoms with Gasteiger partial charge in [-0.25, -0.2) is 0 Å².